The van der Waals surface area contributed by atoms with Gasteiger partial charge in [-0.1, -0.05) is 39.8 Å². The van der Waals surface area contributed by atoms with E-state index < -0.39 is 0 Å². The quantitative estimate of drug-likeness (QED) is 0.765. The summed E-state index contributed by atoms with van der Waals surface area (Å²) < 4.78 is 0. The molecule has 2 heteroatoms. The highest BCUT2D eigenvalue weighted by Gasteiger charge is 2.02. The first-order chi connectivity index (χ1) is 9.43. The smallest absolute Gasteiger partial charge is 0.0458 e. The van der Waals surface area contributed by atoms with Crippen LogP contribution in [-0.4, -0.2) is 9.97 Å². The van der Waals surface area contributed by atoms with Gasteiger partial charge in [-0.2, -0.15) is 0 Å². The third kappa shape index (κ3) is 4.76. The molecule has 0 aliphatic carbocycles. The molecule has 0 saturated heterocycles. The summed E-state index contributed by atoms with van der Waals surface area (Å²) >= 11 is 0. The van der Waals surface area contributed by atoms with Crippen molar-refractivity contribution in [3.63, 3.8) is 0 Å². The van der Waals surface area contributed by atoms with E-state index in [2.05, 4.69) is 63.6 Å². The third-order valence-corrected chi connectivity index (χ3v) is 3.19. The normalized spacial score (nSPS) is 10.4. The SMILES string of the molecule is Cc1cccnc1C(C)C.Cc1cccnc1C(C)C. The zero-order valence-corrected chi connectivity index (χ0v) is 13.5. The van der Waals surface area contributed by atoms with Crippen molar-refractivity contribution in [2.24, 2.45) is 0 Å². The van der Waals surface area contributed by atoms with Crippen molar-refractivity contribution in [1.29, 1.82) is 0 Å². The highest BCUT2D eigenvalue weighted by molar-refractivity contribution is 5.20. The van der Waals surface area contributed by atoms with E-state index in [1.165, 1.54) is 22.5 Å². The van der Waals surface area contributed by atoms with Gasteiger partial charge in [0.25, 0.3) is 0 Å². The maximum Gasteiger partial charge on any atom is 0.0458 e. The summed E-state index contributed by atoms with van der Waals surface area (Å²) in [5.41, 5.74) is 5.00. The monoisotopic (exact) mass is 270 g/mol. The number of nitrogens with zero attached hydrogens (tertiary/aromatic N) is 2. The zero-order valence-electron chi connectivity index (χ0n) is 13.5. The predicted molar refractivity (Wildman–Crippen MR) is 86.1 cm³/mol. The van der Waals surface area contributed by atoms with Crippen molar-refractivity contribution in [2.45, 2.75) is 53.4 Å². The molecule has 2 rings (SSSR count). The summed E-state index contributed by atoms with van der Waals surface area (Å²) in [6.45, 7) is 12.8. The van der Waals surface area contributed by atoms with Gasteiger partial charge < -0.3 is 0 Å². The number of rotatable bonds is 2. The molecule has 0 amide bonds. The molecule has 0 spiro atoms. The number of pyridine rings is 2. The molecule has 0 aliphatic rings. The van der Waals surface area contributed by atoms with Crippen LogP contribution in [0.2, 0.25) is 0 Å². The molecule has 0 saturated carbocycles. The molecular formula is C18H26N2. The average molecular weight is 270 g/mol. The molecule has 0 bridgehead atoms. The molecule has 20 heavy (non-hydrogen) atoms. The fraction of sp³-hybridized carbons (Fsp3) is 0.444. The van der Waals surface area contributed by atoms with Crippen molar-refractivity contribution in [1.82, 2.24) is 9.97 Å². The topological polar surface area (TPSA) is 25.8 Å². The second-order valence-electron chi connectivity index (χ2n) is 5.72. The molecule has 0 unspecified atom stereocenters. The van der Waals surface area contributed by atoms with Crippen LogP contribution in [0.1, 0.15) is 62.0 Å². The van der Waals surface area contributed by atoms with E-state index in [1.807, 2.05) is 24.5 Å². The number of hydrogen-bond donors (Lipinski definition) is 0. The molecule has 2 aromatic rings. The molecular weight excluding hydrogens is 244 g/mol. The number of aromatic nitrogens is 2. The van der Waals surface area contributed by atoms with Gasteiger partial charge in [0.2, 0.25) is 0 Å². The summed E-state index contributed by atoms with van der Waals surface area (Å²) in [6, 6.07) is 8.15. The molecule has 0 radical (unpaired) electrons. The van der Waals surface area contributed by atoms with Gasteiger partial charge in [-0.15, -0.1) is 0 Å². The van der Waals surface area contributed by atoms with Crippen LogP contribution in [0.3, 0.4) is 0 Å². The summed E-state index contributed by atoms with van der Waals surface area (Å²) in [5, 5.41) is 0. The lowest BCUT2D eigenvalue weighted by atomic mass is 10.1. The molecule has 0 aromatic carbocycles. The van der Waals surface area contributed by atoms with Crippen molar-refractivity contribution < 1.29 is 0 Å². The van der Waals surface area contributed by atoms with E-state index in [4.69, 9.17) is 0 Å². The first-order valence-corrected chi connectivity index (χ1v) is 7.26. The molecule has 0 N–H and O–H groups in total. The third-order valence-electron chi connectivity index (χ3n) is 3.19. The molecule has 2 nitrogen and oxygen atoms in total. The second kappa shape index (κ2) is 7.78. The van der Waals surface area contributed by atoms with Crippen molar-refractivity contribution in [3.8, 4) is 0 Å². The lowest BCUT2D eigenvalue weighted by Gasteiger charge is -2.05. The van der Waals surface area contributed by atoms with Crippen LogP contribution in [0.25, 0.3) is 0 Å². The van der Waals surface area contributed by atoms with Gasteiger partial charge in [0, 0.05) is 23.8 Å². The Hall–Kier alpha value is -1.70. The van der Waals surface area contributed by atoms with Gasteiger partial charge in [-0.05, 0) is 48.9 Å². The maximum absolute atomic E-state index is 4.28. The van der Waals surface area contributed by atoms with Gasteiger partial charge in [0.1, 0.15) is 0 Å². The summed E-state index contributed by atoms with van der Waals surface area (Å²) in [6.07, 6.45) is 3.70. The first-order valence-electron chi connectivity index (χ1n) is 7.26. The van der Waals surface area contributed by atoms with Gasteiger partial charge >= 0.3 is 0 Å². The Morgan fingerprint density at radius 3 is 1.25 bits per heavy atom. The Kier molecular flexibility index (Phi) is 6.37. The molecule has 0 aliphatic heterocycles. The van der Waals surface area contributed by atoms with E-state index in [1.54, 1.807) is 0 Å². The van der Waals surface area contributed by atoms with E-state index in [0.717, 1.165) is 0 Å². The highest BCUT2D eigenvalue weighted by Crippen LogP contribution is 2.15. The summed E-state index contributed by atoms with van der Waals surface area (Å²) in [7, 11) is 0. The van der Waals surface area contributed by atoms with E-state index in [0.29, 0.717) is 11.8 Å². The molecule has 0 atom stereocenters. The van der Waals surface area contributed by atoms with E-state index >= 15 is 0 Å². The number of aryl methyl sites for hydroxylation is 2. The van der Waals surface area contributed by atoms with Gasteiger partial charge in [0.05, 0.1) is 0 Å². The largest absolute Gasteiger partial charge is 0.261 e. The van der Waals surface area contributed by atoms with Crippen molar-refractivity contribution in [3.05, 3.63) is 59.2 Å². The van der Waals surface area contributed by atoms with Crippen LogP contribution in [0, 0.1) is 13.8 Å². The van der Waals surface area contributed by atoms with Crippen LogP contribution in [0.15, 0.2) is 36.7 Å². The molecule has 0 fully saturated rings. The van der Waals surface area contributed by atoms with Crippen LogP contribution in [0.4, 0.5) is 0 Å². The van der Waals surface area contributed by atoms with Crippen LogP contribution < -0.4 is 0 Å². The van der Waals surface area contributed by atoms with E-state index in [-0.39, 0.29) is 0 Å². The Morgan fingerprint density at radius 2 is 1.05 bits per heavy atom. The second-order valence-corrected chi connectivity index (χ2v) is 5.72. The van der Waals surface area contributed by atoms with Crippen molar-refractivity contribution >= 4 is 0 Å². The lowest BCUT2D eigenvalue weighted by molar-refractivity contribution is 0.811. The Labute approximate surface area is 123 Å². The predicted octanol–water partition coefficient (Wildman–Crippen LogP) is 5.03. The minimum Gasteiger partial charge on any atom is -0.261 e. The summed E-state index contributed by atoms with van der Waals surface area (Å²) in [4.78, 5) is 8.56. The molecule has 2 aromatic heterocycles. The minimum absolute atomic E-state index is 0.543. The van der Waals surface area contributed by atoms with Gasteiger partial charge in [-0.25, -0.2) is 0 Å². The Bertz CT molecular complexity index is 481. The number of hydrogen-bond acceptors (Lipinski definition) is 2. The summed E-state index contributed by atoms with van der Waals surface area (Å²) in [5.74, 6) is 1.09. The standard InChI is InChI=1S/2C9H13N/c2*1-7(2)9-8(3)5-4-6-10-9/h2*4-7H,1-3H3. The zero-order chi connectivity index (χ0) is 15.1. The average Bonchev–Trinajstić information content (AvgIpc) is 2.40. The minimum atomic E-state index is 0.543. The highest BCUT2D eigenvalue weighted by atomic mass is 14.7. The lowest BCUT2D eigenvalue weighted by Crippen LogP contribution is -1.94. The van der Waals surface area contributed by atoms with Gasteiger partial charge in [0.15, 0.2) is 0 Å². The van der Waals surface area contributed by atoms with Crippen LogP contribution in [0.5, 0.6) is 0 Å². The molecule has 108 valence electrons. The Balaban J connectivity index is 0.000000200. The van der Waals surface area contributed by atoms with Crippen LogP contribution >= 0.6 is 0 Å². The van der Waals surface area contributed by atoms with Crippen molar-refractivity contribution in [2.75, 3.05) is 0 Å². The first kappa shape index (κ1) is 16.4. The fourth-order valence-corrected chi connectivity index (χ4v) is 2.20. The fourth-order valence-electron chi connectivity index (χ4n) is 2.20. The maximum atomic E-state index is 4.28. The van der Waals surface area contributed by atoms with Gasteiger partial charge in [-0.3, -0.25) is 9.97 Å². The molecule has 2 heterocycles. The Morgan fingerprint density at radius 1 is 0.700 bits per heavy atom. The van der Waals surface area contributed by atoms with E-state index in [9.17, 15) is 0 Å². The van der Waals surface area contributed by atoms with Crippen LogP contribution in [-0.2, 0) is 0 Å².